The first-order chi connectivity index (χ1) is 10.7. The van der Waals surface area contributed by atoms with Gasteiger partial charge in [-0.15, -0.1) is 12.4 Å². The van der Waals surface area contributed by atoms with Gasteiger partial charge in [0.15, 0.2) is 0 Å². The van der Waals surface area contributed by atoms with Gasteiger partial charge < -0.3 is 15.8 Å². The molecule has 1 aromatic rings. The Hall–Kier alpha value is -1.31. The van der Waals surface area contributed by atoms with E-state index in [0.717, 1.165) is 24.0 Å². The number of sulfone groups is 1. The second-order valence-corrected chi connectivity index (χ2v) is 7.99. The van der Waals surface area contributed by atoms with E-state index in [1.165, 1.54) is 0 Å². The standard InChI is InChI=1S/C16H26N2O4S.ClH/c1-4-13(22-14-7-5-6-12(2)10-14)11-18-16(19)15(17)8-9-23(3,20)21;/h5-7,10,13,15H,4,8-9,11,17H2,1-3H3,(H,18,19);1H. The number of amides is 1. The fourth-order valence-corrected chi connectivity index (χ4v) is 2.65. The van der Waals surface area contributed by atoms with E-state index < -0.39 is 15.9 Å². The van der Waals surface area contributed by atoms with E-state index in [1.807, 2.05) is 38.1 Å². The van der Waals surface area contributed by atoms with Crippen LogP contribution in [0.3, 0.4) is 0 Å². The van der Waals surface area contributed by atoms with Gasteiger partial charge in [0.25, 0.3) is 0 Å². The van der Waals surface area contributed by atoms with Crippen LogP contribution in [-0.4, -0.2) is 45.0 Å². The average Bonchev–Trinajstić information content (AvgIpc) is 2.47. The number of rotatable bonds is 9. The highest BCUT2D eigenvalue weighted by Crippen LogP contribution is 2.15. The highest BCUT2D eigenvalue weighted by Gasteiger charge is 2.17. The summed E-state index contributed by atoms with van der Waals surface area (Å²) in [5, 5.41) is 2.72. The van der Waals surface area contributed by atoms with E-state index in [2.05, 4.69) is 5.32 Å². The Bertz CT molecular complexity index is 622. The molecule has 2 unspecified atom stereocenters. The summed E-state index contributed by atoms with van der Waals surface area (Å²) in [6.07, 6.45) is 1.80. The minimum atomic E-state index is -3.12. The Morgan fingerprint density at radius 1 is 1.38 bits per heavy atom. The number of ether oxygens (including phenoxy) is 1. The molecule has 0 bridgehead atoms. The van der Waals surface area contributed by atoms with Crippen LogP contribution in [0.25, 0.3) is 0 Å². The molecular formula is C16H27ClN2O4S. The third-order valence-corrected chi connectivity index (χ3v) is 4.37. The third-order valence-electron chi connectivity index (χ3n) is 3.39. The first-order valence-electron chi connectivity index (χ1n) is 7.65. The Labute approximate surface area is 150 Å². The monoisotopic (exact) mass is 378 g/mol. The summed E-state index contributed by atoms with van der Waals surface area (Å²) in [6, 6.07) is 6.87. The predicted molar refractivity (Wildman–Crippen MR) is 98.4 cm³/mol. The quantitative estimate of drug-likeness (QED) is 0.677. The molecule has 138 valence electrons. The largest absolute Gasteiger partial charge is 0.489 e. The van der Waals surface area contributed by atoms with E-state index in [9.17, 15) is 13.2 Å². The zero-order chi connectivity index (χ0) is 17.5. The number of halogens is 1. The summed E-state index contributed by atoms with van der Waals surface area (Å²) in [6.45, 7) is 4.28. The van der Waals surface area contributed by atoms with Crippen LogP contribution in [0, 0.1) is 6.92 Å². The van der Waals surface area contributed by atoms with Gasteiger partial charge in [-0.3, -0.25) is 4.79 Å². The Morgan fingerprint density at radius 3 is 2.58 bits per heavy atom. The van der Waals surface area contributed by atoms with Crippen molar-refractivity contribution in [2.45, 2.75) is 38.8 Å². The molecule has 6 nitrogen and oxygen atoms in total. The van der Waals surface area contributed by atoms with Crippen LogP contribution in [0.1, 0.15) is 25.3 Å². The maximum absolute atomic E-state index is 11.9. The lowest BCUT2D eigenvalue weighted by molar-refractivity contribution is -0.122. The van der Waals surface area contributed by atoms with E-state index >= 15 is 0 Å². The van der Waals surface area contributed by atoms with Crippen LogP contribution in [0.5, 0.6) is 5.75 Å². The summed E-state index contributed by atoms with van der Waals surface area (Å²) in [5.41, 5.74) is 6.81. The zero-order valence-corrected chi connectivity index (χ0v) is 16.0. The highest BCUT2D eigenvalue weighted by atomic mass is 35.5. The number of benzene rings is 1. The van der Waals surface area contributed by atoms with Crippen molar-refractivity contribution in [3.8, 4) is 5.75 Å². The van der Waals surface area contributed by atoms with Gasteiger partial charge in [-0.1, -0.05) is 19.1 Å². The van der Waals surface area contributed by atoms with E-state index in [4.69, 9.17) is 10.5 Å². The van der Waals surface area contributed by atoms with Crippen molar-refractivity contribution in [1.82, 2.24) is 5.32 Å². The first kappa shape index (κ1) is 22.7. The lowest BCUT2D eigenvalue weighted by Gasteiger charge is -2.20. The van der Waals surface area contributed by atoms with Gasteiger partial charge in [-0.2, -0.15) is 0 Å². The number of aryl methyl sites for hydroxylation is 1. The first-order valence-corrected chi connectivity index (χ1v) is 9.71. The molecule has 0 aliphatic carbocycles. The van der Waals surface area contributed by atoms with E-state index in [0.29, 0.717) is 6.54 Å². The molecular weight excluding hydrogens is 352 g/mol. The van der Waals surface area contributed by atoms with Crippen molar-refractivity contribution in [2.24, 2.45) is 5.73 Å². The zero-order valence-electron chi connectivity index (χ0n) is 14.3. The number of nitrogens with two attached hydrogens (primary N) is 1. The van der Waals surface area contributed by atoms with Crippen LogP contribution in [0.15, 0.2) is 24.3 Å². The van der Waals surface area contributed by atoms with Crippen molar-refractivity contribution in [3.05, 3.63) is 29.8 Å². The molecule has 0 aliphatic rings. The predicted octanol–water partition coefficient (Wildman–Crippen LogP) is 1.45. The minimum Gasteiger partial charge on any atom is -0.489 e. The van der Waals surface area contributed by atoms with E-state index in [1.54, 1.807) is 0 Å². The van der Waals surface area contributed by atoms with Gasteiger partial charge in [-0.05, 0) is 37.5 Å². The van der Waals surface area contributed by atoms with Gasteiger partial charge in [0.2, 0.25) is 5.91 Å². The number of carbonyl (C=O) groups excluding carboxylic acids is 1. The lowest BCUT2D eigenvalue weighted by atomic mass is 10.2. The van der Waals surface area contributed by atoms with Crippen LogP contribution in [0.2, 0.25) is 0 Å². The van der Waals surface area contributed by atoms with Gasteiger partial charge in [-0.25, -0.2) is 8.42 Å². The number of hydrogen-bond acceptors (Lipinski definition) is 5. The summed E-state index contributed by atoms with van der Waals surface area (Å²) >= 11 is 0. The Kier molecular flexibility index (Phi) is 9.96. The maximum atomic E-state index is 11.9. The fraction of sp³-hybridized carbons (Fsp3) is 0.562. The summed E-state index contributed by atoms with van der Waals surface area (Å²) < 4.78 is 28.0. The van der Waals surface area contributed by atoms with Gasteiger partial charge in [0.1, 0.15) is 21.7 Å². The molecule has 0 fully saturated rings. The molecule has 0 spiro atoms. The molecule has 8 heteroatoms. The average molecular weight is 379 g/mol. The molecule has 0 saturated carbocycles. The second-order valence-electron chi connectivity index (χ2n) is 5.73. The molecule has 0 radical (unpaired) electrons. The summed E-state index contributed by atoms with van der Waals surface area (Å²) in [4.78, 5) is 11.9. The number of nitrogens with one attached hydrogen (secondary N) is 1. The molecule has 0 saturated heterocycles. The molecule has 1 aromatic carbocycles. The van der Waals surface area contributed by atoms with Gasteiger partial charge in [0.05, 0.1) is 18.3 Å². The third kappa shape index (κ3) is 9.10. The second kappa shape index (κ2) is 10.5. The number of hydrogen-bond donors (Lipinski definition) is 2. The molecule has 1 rings (SSSR count). The van der Waals surface area contributed by atoms with Crippen molar-refractivity contribution in [1.29, 1.82) is 0 Å². The van der Waals surface area contributed by atoms with Gasteiger partial charge >= 0.3 is 0 Å². The Morgan fingerprint density at radius 2 is 2.04 bits per heavy atom. The molecule has 3 N–H and O–H groups in total. The highest BCUT2D eigenvalue weighted by molar-refractivity contribution is 7.90. The summed E-state index contributed by atoms with van der Waals surface area (Å²) in [7, 11) is -3.12. The van der Waals surface area contributed by atoms with Gasteiger partial charge in [0, 0.05) is 6.26 Å². The molecule has 0 heterocycles. The van der Waals surface area contributed by atoms with Crippen molar-refractivity contribution < 1.29 is 17.9 Å². The normalized spacial score (nSPS) is 13.5. The van der Waals surface area contributed by atoms with Crippen molar-refractivity contribution >= 4 is 28.2 Å². The molecule has 0 aromatic heterocycles. The van der Waals surface area contributed by atoms with Crippen LogP contribution < -0.4 is 15.8 Å². The van der Waals surface area contributed by atoms with E-state index in [-0.39, 0.29) is 36.6 Å². The molecule has 0 aliphatic heterocycles. The fourth-order valence-electron chi connectivity index (χ4n) is 1.97. The summed E-state index contributed by atoms with van der Waals surface area (Å²) in [5.74, 6) is 0.297. The molecule has 1 amide bonds. The van der Waals surface area contributed by atoms with Crippen molar-refractivity contribution in [2.75, 3.05) is 18.6 Å². The van der Waals surface area contributed by atoms with Crippen molar-refractivity contribution in [3.63, 3.8) is 0 Å². The van der Waals surface area contributed by atoms with Crippen LogP contribution in [0.4, 0.5) is 0 Å². The van der Waals surface area contributed by atoms with Crippen LogP contribution >= 0.6 is 12.4 Å². The smallest absolute Gasteiger partial charge is 0.237 e. The minimum absolute atomic E-state index is 0. The molecule has 2 atom stereocenters. The Balaban J connectivity index is 0.00000529. The number of carbonyl (C=O) groups is 1. The topological polar surface area (TPSA) is 98.5 Å². The lowest BCUT2D eigenvalue weighted by Crippen LogP contribution is -2.45. The van der Waals surface area contributed by atoms with Crippen LogP contribution in [-0.2, 0) is 14.6 Å². The maximum Gasteiger partial charge on any atom is 0.237 e. The SMILES string of the molecule is CCC(CNC(=O)C(N)CCS(C)(=O)=O)Oc1cccc(C)c1.Cl. The molecule has 24 heavy (non-hydrogen) atoms.